The third-order valence-electron chi connectivity index (χ3n) is 5.79. The van der Waals surface area contributed by atoms with Crippen molar-refractivity contribution in [3.8, 4) is 0 Å². The standard InChI is InChI=1S/C23H29Cl2NO/c1-26(2)16-19-15-23(12-11-22(19)27,13-17-3-7-20(24)8-4-17)14-18-5-9-21(25)10-6-18/h3-10,19,22,27H,11-16H2,1-2H3. The lowest BCUT2D eigenvalue weighted by Gasteiger charge is -2.44. The molecule has 27 heavy (non-hydrogen) atoms. The smallest absolute Gasteiger partial charge is 0.0581 e. The number of hydrogen-bond acceptors (Lipinski definition) is 2. The number of halogens is 2. The van der Waals surface area contributed by atoms with Crippen molar-refractivity contribution in [1.29, 1.82) is 0 Å². The molecule has 4 heteroatoms. The minimum Gasteiger partial charge on any atom is -0.393 e. The zero-order chi connectivity index (χ0) is 19.4. The van der Waals surface area contributed by atoms with Crippen LogP contribution in [0.4, 0.5) is 0 Å². The van der Waals surface area contributed by atoms with Crippen LogP contribution in [0.25, 0.3) is 0 Å². The molecule has 0 aromatic heterocycles. The van der Waals surface area contributed by atoms with Gasteiger partial charge in [0.05, 0.1) is 6.10 Å². The normalized spacial score (nSPS) is 22.1. The van der Waals surface area contributed by atoms with Crippen LogP contribution in [-0.2, 0) is 12.8 Å². The maximum Gasteiger partial charge on any atom is 0.0581 e. The van der Waals surface area contributed by atoms with Gasteiger partial charge >= 0.3 is 0 Å². The van der Waals surface area contributed by atoms with Gasteiger partial charge in [0.25, 0.3) is 0 Å². The zero-order valence-corrected chi connectivity index (χ0v) is 17.7. The molecule has 0 bridgehead atoms. The van der Waals surface area contributed by atoms with Gasteiger partial charge in [0, 0.05) is 16.6 Å². The second kappa shape index (κ2) is 8.96. The predicted molar refractivity (Wildman–Crippen MR) is 115 cm³/mol. The van der Waals surface area contributed by atoms with E-state index in [1.807, 2.05) is 24.3 Å². The Labute approximate surface area is 173 Å². The molecule has 0 aliphatic heterocycles. The lowest BCUT2D eigenvalue weighted by Crippen LogP contribution is -2.43. The Bertz CT molecular complexity index is 680. The summed E-state index contributed by atoms with van der Waals surface area (Å²) in [5.74, 6) is 0.299. The Morgan fingerprint density at radius 2 is 1.41 bits per heavy atom. The highest BCUT2D eigenvalue weighted by Crippen LogP contribution is 2.45. The molecular weight excluding hydrogens is 377 g/mol. The molecule has 1 N–H and O–H groups in total. The molecule has 2 aromatic carbocycles. The van der Waals surface area contributed by atoms with Crippen molar-refractivity contribution < 1.29 is 5.11 Å². The summed E-state index contributed by atoms with van der Waals surface area (Å²) < 4.78 is 0. The molecule has 2 nitrogen and oxygen atoms in total. The number of rotatable bonds is 6. The Hall–Kier alpha value is -1.06. The Morgan fingerprint density at radius 3 is 1.85 bits per heavy atom. The van der Waals surface area contributed by atoms with Crippen LogP contribution in [0.3, 0.4) is 0 Å². The summed E-state index contributed by atoms with van der Waals surface area (Å²) in [6, 6.07) is 16.4. The van der Waals surface area contributed by atoms with Crippen molar-refractivity contribution in [3.05, 3.63) is 69.7 Å². The minimum atomic E-state index is -0.212. The highest BCUT2D eigenvalue weighted by molar-refractivity contribution is 6.30. The number of hydrogen-bond donors (Lipinski definition) is 1. The molecule has 0 amide bonds. The molecule has 1 fully saturated rings. The molecule has 2 atom stereocenters. The molecule has 146 valence electrons. The fourth-order valence-corrected chi connectivity index (χ4v) is 4.85. The molecular formula is C23H29Cl2NO. The fourth-order valence-electron chi connectivity index (χ4n) is 4.59. The monoisotopic (exact) mass is 405 g/mol. The lowest BCUT2D eigenvalue weighted by atomic mass is 9.63. The number of aliphatic hydroxyl groups is 1. The summed E-state index contributed by atoms with van der Waals surface area (Å²) in [5, 5.41) is 12.1. The van der Waals surface area contributed by atoms with Gasteiger partial charge in [-0.25, -0.2) is 0 Å². The summed E-state index contributed by atoms with van der Waals surface area (Å²) in [6.45, 7) is 0.921. The quantitative estimate of drug-likeness (QED) is 0.686. The van der Waals surface area contributed by atoms with Gasteiger partial charge in [-0.05, 0) is 92.9 Å². The van der Waals surface area contributed by atoms with Crippen LogP contribution < -0.4 is 0 Å². The third kappa shape index (κ3) is 5.71. The highest BCUT2D eigenvalue weighted by atomic mass is 35.5. The second-order valence-electron chi connectivity index (χ2n) is 8.44. The van der Waals surface area contributed by atoms with Crippen molar-refractivity contribution in [2.75, 3.05) is 20.6 Å². The molecule has 2 unspecified atom stereocenters. The highest BCUT2D eigenvalue weighted by Gasteiger charge is 2.40. The van der Waals surface area contributed by atoms with Crippen LogP contribution in [0, 0.1) is 11.3 Å². The van der Waals surface area contributed by atoms with Crippen LogP contribution in [-0.4, -0.2) is 36.8 Å². The topological polar surface area (TPSA) is 23.5 Å². The van der Waals surface area contributed by atoms with Crippen molar-refractivity contribution in [2.45, 2.75) is 38.2 Å². The van der Waals surface area contributed by atoms with Gasteiger partial charge in [0.1, 0.15) is 0 Å². The first-order chi connectivity index (χ1) is 12.8. The summed E-state index contributed by atoms with van der Waals surface area (Å²) in [4.78, 5) is 2.19. The largest absolute Gasteiger partial charge is 0.393 e. The van der Waals surface area contributed by atoms with Crippen LogP contribution in [0.5, 0.6) is 0 Å². The van der Waals surface area contributed by atoms with Gasteiger partial charge in [0.15, 0.2) is 0 Å². The van der Waals surface area contributed by atoms with E-state index in [-0.39, 0.29) is 11.5 Å². The summed E-state index contributed by atoms with van der Waals surface area (Å²) >= 11 is 12.2. The minimum absolute atomic E-state index is 0.140. The Morgan fingerprint density at radius 1 is 0.926 bits per heavy atom. The van der Waals surface area contributed by atoms with Crippen molar-refractivity contribution in [1.82, 2.24) is 4.90 Å². The Kier molecular flexibility index (Phi) is 6.86. The molecule has 0 radical (unpaired) electrons. The first kappa shape index (κ1) is 20.7. The maximum atomic E-state index is 10.6. The van der Waals surface area contributed by atoms with Crippen LogP contribution in [0.15, 0.2) is 48.5 Å². The summed E-state index contributed by atoms with van der Waals surface area (Å²) in [5.41, 5.74) is 2.77. The van der Waals surface area contributed by atoms with Crippen molar-refractivity contribution in [2.24, 2.45) is 11.3 Å². The average Bonchev–Trinajstić information content (AvgIpc) is 2.62. The lowest BCUT2D eigenvalue weighted by molar-refractivity contribution is -0.00290. The average molecular weight is 406 g/mol. The zero-order valence-electron chi connectivity index (χ0n) is 16.2. The van der Waals surface area contributed by atoms with Crippen LogP contribution in [0.1, 0.15) is 30.4 Å². The van der Waals surface area contributed by atoms with Crippen molar-refractivity contribution >= 4 is 23.2 Å². The fraction of sp³-hybridized carbons (Fsp3) is 0.478. The van der Waals surface area contributed by atoms with E-state index in [2.05, 4.69) is 43.3 Å². The van der Waals surface area contributed by atoms with E-state index in [1.54, 1.807) is 0 Å². The van der Waals surface area contributed by atoms with E-state index < -0.39 is 0 Å². The third-order valence-corrected chi connectivity index (χ3v) is 6.30. The van der Waals surface area contributed by atoms with Gasteiger partial charge in [-0.1, -0.05) is 47.5 Å². The van der Waals surface area contributed by atoms with Gasteiger partial charge in [0.2, 0.25) is 0 Å². The van der Waals surface area contributed by atoms with E-state index in [4.69, 9.17) is 23.2 Å². The van der Waals surface area contributed by atoms with E-state index in [0.717, 1.165) is 48.7 Å². The van der Waals surface area contributed by atoms with Crippen molar-refractivity contribution in [3.63, 3.8) is 0 Å². The van der Waals surface area contributed by atoms with Gasteiger partial charge in [-0.15, -0.1) is 0 Å². The molecule has 0 heterocycles. The summed E-state index contributed by atoms with van der Waals surface area (Å²) in [6.07, 6.45) is 4.71. The number of nitrogens with zero attached hydrogens (tertiary/aromatic N) is 1. The molecule has 1 saturated carbocycles. The predicted octanol–water partition coefficient (Wildman–Crippen LogP) is 5.49. The second-order valence-corrected chi connectivity index (χ2v) is 9.31. The molecule has 1 aliphatic rings. The van der Waals surface area contributed by atoms with E-state index >= 15 is 0 Å². The van der Waals surface area contributed by atoms with E-state index in [0.29, 0.717) is 5.92 Å². The van der Waals surface area contributed by atoms with Crippen LogP contribution in [0.2, 0.25) is 10.0 Å². The molecule has 2 aromatic rings. The maximum absolute atomic E-state index is 10.6. The SMILES string of the molecule is CN(C)CC1CC(Cc2ccc(Cl)cc2)(Cc2ccc(Cl)cc2)CCC1O. The van der Waals surface area contributed by atoms with E-state index in [1.165, 1.54) is 11.1 Å². The Balaban J connectivity index is 1.87. The molecule has 3 rings (SSSR count). The molecule has 0 spiro atoms. The van der Waals surface area contributed by atoms with E-state index in [9.17, 15) is 5.11 Å². The number of aliphatic hydroxyl groups excluding tert-OH is 1. The van der Waals surface area contributed by atoms with Gasteiger partial charge in [-0.2, -0.15) is 0 Å². The molecule has 1 aliphatic carbocycles. The molecule has 0 saturated heterocycles. The van der Waals surface area contributed by atoms with Gasteiger partial charge < -0.3 is 10.0 Å². The first-order valence-electron chi connectivity index (χ1n) is 9.67. The van der Waals surface area contributed by atoms with Gasteiger partial charge in [-0.3, -0.25) is 0 Å². The first-order valence-corrected chi connectivity index (χ1v) is 10.4. The number of benzene rings is 2. The summed E-state index contributed by atoms with van der Waals surface area (Å²) in [7, 11) is 4.17. The van der Waals surface area contributed by atoms with Crippen LogP contribution >= 0.6 is 23.2 Å².